The summed E-state index contributed by atoms with van der Waals surface area (Å²) in [5.74, 6) is 0.325. The van der Waals surface area contributed by atoms with Crippen LogP contribution < -0.4 is 0 Å². The molecule has 0 radical (unpaired) electrons. The zero-order valence-corrected chi connectivity index (χ0v) is 8.51. The van der Waals surface area contributed by atoms with Crippen LogP contribution in [0, 0.1) is 6.57 Å². The Bertz CT molecular complexity index is 407. The van der Waals surface area contributed by atoms with E-state index >= 15 is 0 Å². The van der Waals surface area contributed by atoms with Crippen molar-refractivity contribution >= 4 is 17.4 Å². The van der Waals surface area contributed by atoms with E-state index in [0.29, 0.717) is 11.0 Å². The second kappa shape index (κ2) is 3.23. The first kappa shape index (κ1) is 9.45. The van der Waals surface area contributed by atoms with E-state index in [0.717, 1.165) is 18.4 Å². The number of ether oxygens (including phenoxy) is 1. The normalized spacial score (nSPS) is 17.5. The van der Waals surface area contributed by atoms with Crippen molar-refractivity contribution in [1.29, 1.82) is 0 Å². The molecular formula is C10H9ClN2O. The monoisotopic (exact) mass is 208 g/mol. The van der Waals surface area contributed by atoms with Gasteiger partial charge >= 0.3 is 0 Å². The van der Waals surface area contributed by atoms with E-state index in [2.05, 4.69) is 9.83 Å². The largest absolute Gasteiger partial charge is 0.373 e. The van der Waals surface area contributed by atoms with Gasteiger partial charge in [-0.3, -0.25) is 0 Å². The molecule has 72 valence electrons. The Hall–Kier alpha value is -1.11. The molecule has 1 heterocycles. The third kappa shape index (κ3) is 1.37. The van der Waals surface area contributed by atoms with E-state index in [1.165, 1.54) is 0 Å². The van der Waals surface area contributed by atoms with Crippen LogP contribution in [-0.4, -0.2) is 12.1 Å². The lowest BCUT2D eigenvalue weighted by Crippen LogP contribution is -2.09. The Morgan fingerprint density at radius 3 is 2.71 bits per heavy atom. The summed E-state index contributed by atoms with van der Waals surface area (Å²) < 4.78 is 5.39. The maximum Gasteiger partial charge on any atom is 0.271 e. The van der Waals surface area contributed by atoms with E-state index in [9.17, 15) is 0 Å². The second-order valence-corrected chi connectivity index (χ2v) is 3.68. The van der Waals surface area contributed by atoms with Gasteiger partial charge in [-0.25, -0.2) is 0 Å². The highest BCUT2D eigenvalue weighted by molar-refractivity contribution is 6.30. The van der Waals surface area contributed by atoms with Gasteiger partial charge in [-0.15, -0.1) is 4.98 Å². The smallest absolute Gasteiger partial charge is 0.271 e. The SMILES string of the molecule is [C-]#[N+]c1ccc(C2(OC)CC2)c(Cl)n1. The summed E-state index contributed by atoms with van der Waals surface area (Å²) in [6.07, 6.45) is 1.95. The summed E-state index contributed by atoms with van der Waals surface area (Å²) in [4.78, 5) is 7.19. The molecule has 14 heavy (non-hydrogen) atoms. The van der Waals surface area contributed by atoms with Crippen LogP contribution in [0.4, 0.5) is 5.82 Å². The molecule has 0 aliphatic heterocycles. The molecule has 0 spiro atoms. The highest BCUT2D eigenvalue weighted by atomic mass is 35.5. The molecule has 2 rings (SSSR count). The lowest BCUT2D eigenvalue weighted by atomic mass is 10.1. The Labute approximate surface area is 87.5 Å². The minimum Gasteiger partial charge on any atom is -0.373 e. The number of rotatable bonds is 2. The standard InChI is InChI=1S/C10H9ClN2O/c1-12-8-4-3-7(9(11)13-8)10(14-2)5-6-10/h3-4H,5-6H2,2H3. The van der Waals surface area contributed by atoms with Gasteiger partial charge in [0.1, 0.15) is 0 Å². The highest BCUT2D eigenvalue weighted by Crippen LogP contribution is 2.50. The van der Waals surface area contributed by atoms with Crippen molar-refractivity contribution in [2.24, 2.45) is 0 Å². The average Bonchev–Trinajstić information content (AvgIpc) is 2.98. The second-order valence-electron chi connectivity index (χ2n) is 3.32. The molecule has 1 fully saturated rings. The van der Waals surface area contributed by atoms with Crippen molar-refractivity contribution in [2.75, 3.05) is 7.11 Å². The average molecular weight is 209 g/mol. The molecule has 0 unspecified atom stereocenters. The number of halogens is 1. The number of hydrogen-bond donors (Lipinski definition) is 0. The number of pyridine rings is 1. The fraction of sp³-hybridized carbons (Fsp3) is 0.400. The van der Waals surface area contributed by atoms with E-state index in [-0.39, 0.29) is 5.60 Å². The minimum atomic E-state index is -0.232. The topological polar surface area (TPSA) is 26.5 Å². The van der Waals surface area contributed by atoms with Crippen LogP contribution >= 0.6 is 11.6 Å². The molecular weight excluding hydrogens is 200 g/mol. The Morgan fingerprint density at radius 2 is 2.29 bits per heavy atom. The van der Waals surface area contributed by atoms with Crippen LogP contribution in [0.3, 0.4) is 0 Å². The maximum atomic E-state index is 6.80. The van der Waals surface area contributed by atoms with Gasteiger partial charge < -0.3 is 9.58 Å². The highest BCUT2D eigenvalue weighted by Gasteiger charge is 2.47. The Kier molecular flexibility index (Phi) is 2.18. The van der Waals surface area contributed by atoms with E-state index < -0.39 is 0 Å². The van der Waals surface area contributed by atoms with Crippen molar-refractivity contribution in [2.45, 2.75) is 18.4 Å². The molecule has 1 aliphatic carbocycles. The number of methoxy groups -OCH3 is 1. The molecule has 1 aromatic heterocycles. The van der Waals surface area contributed by atoms with Gasteiger partial charge in [0, 0.05) is 12.7 Å². The minimum absolute atomic E-state index is 0.232. The van der Waals surface area contributed by atoms with Gasteiger partial charge in [-0.05, 0) is 30.5 Å². The fourth-order valence-corrected chi connectivity index (χ4v) is 1.85. The van der Waals surface area contributed by atoms with Crippen molar-refractivity contribution in [3.63, 3.8) is 0 Å². The molecule has 3 nitrogen and oxygen atoms in total. The van der Waals surface area contributed by atoms with Crippen LogP contribution in [0.5, 0.6) is 0 Å². The molecule has 0 N–H and O–H groups in total. The molecule has 1 aromatic rings. The van der Waals surface area contributed by atoms with Crippen LogP contribution in [0.15, 0.2) is 12.1 Å². The van der Waals surface area contributed by atoms with Crippen LogP contribution in [-0.2, 0) is 10.3 Å². The predicted octanol–water partition coefficient (Wildman–Crippen LogP) is 2.92. The van der Waals surface area contributed by atoms with Crippen molar-refractivity contribution in [3.05, 3.63) is 34.3 Å². The van der Waals surface area contributed by atoms with E-state index in [1.54, 1.807) is 13.2 Å². The van der Waals surface area contributed by atoms with Gasteiger partial charge in [-0.1, -0.05) is 12.6 Å². The molecule has 0 aromatic carbocycles. The first-order valence-corrected chi connectivity index (χ1v) is 4.69. The zero-order valence-electron chi connectivity index (χ0n) is 7.75. The zero-order chi connectivity index (χ0) is 10.2. The lowest BCUT2D eigenvalue weighted by molar-refractivity contribution is 0.0787. The molecule has 1 saturated carbocycles. The van der Waals surface area contributed by atoms with Gasteiger partial charge in [0.2, 0.25) is 5.15 Å². The summed E-state index contributed by atoms with van der Waals surface area (Å²) in [5.41, 5.74) is 0.666. The van der Waals surface area contributed by atoms with Crippen molar-refractivity contribution < 1.29 is 4.74 Å². The third-order valence-corrected chi connectivity index (χ3v) is 2.82. The molecule has 0 amide bonds. The lowest BCUT2D eigenvalue weighted by Gasteiger charge is -2.12. The van der Waals surface area contributed by atoms with Gasteiger partial charge in [0.25, 0.3) is 5.82 Å². The Morgan fingerprint density at radius 1 is 1.57 bits per heavy atom. The van der Waals surface area contributed by atoms with Crippen LogP contribution in [0.2, 0.25) is 5.15 Å². The summed E-state index contributed by atoms with van der Waals surface area (Å²) in [6.45, 7) is 6.80. The third-order valence-electron chi connectivity index (χ3n) is 2.53. The number of nitrogens with zero attached hydrogens (tertiary/aromatic N) is 2. The van der Waals surface area contributed by atoms with Gasteiger partial charge in [0.05, 0.1) is 5.60 Å². The van der Waals surface area contributed by atoms with Crippen molar-refractivity contribution in [1.82, 2.24) is 4.98 Å². The predicted molar refractivity (Wildman–Crippen MR) is 53.4 cm³/mol. The first-order chi connectivity index (χ1) is 6.72. The summed E-state index contributed by atoms with van der Waals surface area (Å²) in [5, 5.41) is 0.387. The van der Waals surface area contributed by atoms with Gasteiger partial charge in [-0.2, -0.15) is 0 Å². The van der Waals surface area contributed by atoms with E-state index in [4.69, 9.17) is 22.9 Å². The molecule has 0 saturated heterocycles. The van der Waals surface area contributed by atoms with Crippen LogP contribution in [0.25, 0.3) is 4.85 Å². The summed E-state index contributed by atoms with van der Waals surface area (Å²) >= 11 is 5.98. The summed E-state index contributed by atoms with van der Waals surface area (Å²) in [6, 6.07) is 3.51. The van der Waals surface area contributed by atoms with Gasteiger partial charge in [0.15, 0.2) is 0 Å². The summed E-state index contributed by atoms with van der Waals surface area (Å²) in [7, 11) is 1.67. The molecule has 0 atom stereocenters. The number of hydrogen-bond acceptors (Lipinski definition) is 2. The first-order valence-electron chi connectivity index (χ1n) is 4.31. The van der Waals surface area contributed by atoms with E-state index in [1.807, 2.05) is 6.07 Å². The molecule has 1 aliphatic rings. The fourth-order valence-electron chi connectivity index (χ4n) is 1.52. The maximum absolute atomic E-state index is 6.80. The molecule has 0 bridgehead atoms. The van der Waals surface area contributed by atoms with Crippen LogP contribution in [0.1, 0.15) is 18.4 Å². The quantitative estimate of drug-likeness (QED) is 0.552. The molecule has 4 heteroatoms. The van der Waals surface area contributed by atoms with Crippen molar-refractivity contribution in [3.8, 4) is 0 Å². The number of aromatic nitrogens is 1. The Balaban J connectivity index is 2.42.